The van der Waals surface area contributed by atoms with E-state index in [1.807, 2.05) is 6.92 Å². The van der Waals surface area contributed by atoms with Gasteiger partial charge in [-0.15, -0.1) is 0 Å². The number of hydrogen-bond donors (Lipinski definition) is 1. The van der Waals surface area contributed by atoms with E-state index in [0.29, 0.717) is 24.1 Å². The zero-order valence-electron chi connectivity index (χ0n) is 11.5. The first kappa shape index (κ1) is 14.5. The summed E-state index contributed by atoms with van der Waals surface area (Å²) in [5.41, 5.74) is 0.827. The maximum atomic E-state index is 13.4. The molecular weight excluding hydrogens is 257 g/mol. The van der Waals surface area contributed by atoms with Crippen LogP contribution in [-0.4, -0.2) is 35.1 Å². The van der Waals surface area contributed by atoms with Crippen LogP contribution in [0.15, 0.2) is 18.2 Å². The molecule has 0 saturated heterocycles. The SMILES string of the molecule is CCN(C(=O)c1cc(F)ccc1C#CCCO)C1CC1. The molecule has 1 aromatic carbocycles. The van der Waals surface area contributed by atoms with Gasteiger partial charge in [0.25, 0.3) is 5.91 Å². The first-order chi connectivity index (χ1) is 9.67. The zero-order valence-corrected chi connectivity index (χ0v) is 11.5. The summed E-state index contributed by atoms with van der Waals surface area (Å²) in [6.07, 6.45) is 2.37. The molecule has 0 aliphatic heterocycles. The summed E-state index contributed by atoms with van der Waals surface area (Å²) in [7, 11) is 0. The Kier molecular flexibility index (Phi) is 4.75. The van der Waals surface area contributed by atoms with Crippen LogP contribution < -0.4 is 0 Å². The zero-order chi connectivity index (χ0) is 14.5. The lowest BCUT2D eigenvalue weighted by molar-refractivity contribution is 0.0752. The van der Waals surface area contributed by atoms with Gasteiger partial charge in [-0.2, -0.15) is 0 Å². The van der Waals surface area contributed by atoms with Crippen LogP contribution >= 0.6 is 0 Å². The average Bonchev–Trinajstić information content (AvgIpc) is 3.26. The van der Waals surface area contributed by atoms with E-state index in [4.69, 9.17) is 5.11 Å². The van der Waals surface area contributed by atoms with Gasteiger partial charge in [0.2, 0.25) is 0 Å². The largest absolute Gasteiger partial charge is 0.395 e. The van der Waals surface area contributed by atoms with Gasteiger partial charge >= 0.3 is 0 Å². The standard InChI is InChI=1S/C16H18FNO2/c1-2-18(14-8-9-14)16(20)15-11-13(17)7-6-12(15)5-3-4-10-19/h6-7,11,14,19H,2,4,8-10H2,1H3. The first-order valence-corrected chi connectivity index (χ1v) is 6.87. The fourth-order valence-corrected chi connectivity index (χ4v) is 2.12. The normalized spacial score (nSPS) is 13.6. The predicted molar refractivity (Wildman–Crippen MR) is 74.7 cm³/mol. The van der Waals surface area contributed by atoms with Crippen molar-refractivity contribution in [2.24, 2.45) is 0 Å². The summed E-state index contributed by atoms with van der Waals surface area (Å²) in [4.78, 5) is 14.3. The van der Waals surface area contributed by atoms with E-state index in [1.54, 1.807) is 4.90 Å². The number of halogens is 1. The van der Waals surface area contributed by atoms with Gasteiger partial charge in [0.15, 0.2) is 0 Å². The van der Waals surface area contributed by atoms with Crippen molar-refractivity contribution < 1.29 is 14.3 Å². The number of nitrogens with zero attached hydrogens (tertiary/aromatic N) is 1. The minimum Gasteiger partial charge on any atom is -0.395 e. The number of carbonyl (C=O) groups excluding carboxylic acids is 1. The van der Waals surface area contributed by atoms with Gasteiger partial charge in [-0.05, 0) is 38.0 Å². The van der Waals surface area contributed by atoms with Crippen LogP contribution in [0.4, 0.5) is 4.39 Å². The number of hydrogen-bond acceptors (Lipinski definition) is 2. The molecule has 1 aromatic rings. The fraction of sp³-hybridized carbons (Fsp3) is 0.438. The molecule has 2 rings (SSSR count). The number of amides is 1. The van der Waals surface area contributed by atoms with Gasteiger partial charge in [0.1, 0.15) is 5.82 Å². The van der Waals surface area contributed by atoms with E-state index in [0.717, 1.165) is 12.8 Å². The highest BCUT2D eigenvalue weighted by molar-refractivity contribution is 5.97. The fourth-order valence-electron chi connectivity index (χ4n) is 2.12. The van der Waals surface area contributed by atoms with Gasteiger partial charge in [-0.25, -0.2) is 4.39 Å². The van der Waals surface area contributed by atoms with Crippen LogP contribution in [0.1, 0.15) is 42.1 Å². The summed E-state index contributed by atoms with van der Waals surface area (Å²) in [6, 6.07) is 4.35. The minimum atomic E-state index is -0.437. The highest BCUT2D eigenvalue weighted by Crippen LogP contribution is 2.28. The topological polar surface area (TPSA) is 40.5 Å². The van der Waals surface area contributed by atoms with Crippen LogP contribution in [0, 0.1) is 17.7 Å². The molecule has 106 valence electrons. The second-order valence-electron chi connectivity index (χ2n) is 4.79. The van der Waals surface area contributed by atoms with Crippen molar-refractivity contribution in [3.05, 3.63) is 35.1 Å². The highest BCUT2D eigenvalue weighted by atomic mass is 19.1. The summed E-state index contributed by atoms with van der Waals surface area (Å²) >= 11 is 0. The number of rotatable bonds is 4. The van der Waals surface area contributed by atoms with Gasteiger partial charge in [-0.1, -0.05) is 11.8 Å². The van der Waals surface area contributed by atoms with Crippen molar-refractivity contribution >= 4 is 5.91 Å². The molecule has 1 amide bonds. The molecule has 0 bridgehead atoms. The Balaban J connectivity index is 2.31. The van der Waals surface area contributed by atoms with E-state index in [-0.39, 0.29) is 18.6 Å². The Bertz CT molecular complexity index is 555. The predicted octanol–water partition coefficient (Wildman–Crippen LogP) is 2.18. The van der Waals surface area contributed by atoms with Crippen molar-refractivity contribution in [2.45, 2.75) is 32.2 Å². The summed E-state index contributed by atoms with van der Waals surface area (Å²) in [5, 5.41) is 8.74. The Morgan fingerprint density at radius 1 is 1.50 bits per heavy atom. The second kappa shape index (κ2) is 6.53. The van der Waals surface area contributed by atoms with Crippen molar-refractivity contribution in [1.82, 2.24) is 4.90 Å². The molecule has 1 aliphatic carbocycles. The molecule has 0 unspecified atom stereocenters. The quantitative estimate of drug-likeness (QED) is 0.856. The molecule has 0 spiro atoms. The summed E-state index contributed by atoms with van der Waals surface area (Å²) < 4.78 is 13.4. The summed E-state index contributed by atoms with van der Waals surface area (Å²) in [6.45, 7) is 2.51. The van der Waals surface area contributed by atoms with Crippen molar-refractivity contribution in [1.29, 1.82) is 0 Å². The van der Waals surface area contributed by atoms with Crippen LogP contribution in [0.2, 0.25) is 0 Å². The van der Waals surface area contributed by atoms with Crippen molar-refractivity contribution in [3.8, 4) is 11.8 Å². The lowest BCUT2D eigenvalue weighted by Crippen LogP contribution is -2.33. The van der Waals surface area contributed by atoms with E-state index in [9.17, 15) is 9.18 Å². The minimum absolute atomic E-state index is 0.0271. The maximum absolute atomic E-state index is 13.4. The number of benzene rings is 1. The second-order valence-corrected chi connectivity index (χ2v) is 4.79. The molecule has 4 heteroatoms. The summed E-state index contributed by atoms with van der Waals surface area (Å²) in [5.74, 6) is 5.01. The third-order valence-electron chi connectivity index (χ3n) is 3.26. The average molecular weight is 275 g/mol. The Hall–Kier alpha value is -1.86. The number of carbonyl (C=O) groups is 1. The maximum Gasteiger partial charge on any atom is 0.255 e. The highest BCUT2D eigenvalue weighted by Gasteiger charge is 2.32. The van der Waals surface area contributed by atoms with E-state index in [2.05, 4.69) is 11.8 Å². The van der Waals surface area contributed by atoms with Crippen LogP contribution in [0.25, 0.3) is 0 Å². The monoisotopic (exact) mass is 275 g/mol. The van der Waals surface area contributed by atoms with E-state index >= 15 is 0 Å². The molecule has 0 radical (unpaired) electrons. The molecule has 0 aromatic heterocycles. The van der Waals surface area contributed by atoms with Crippen LogP contribution in [0.5, 0.6) is 0 Å². The molecule has 1 fully saturated rings. The van der Waals surface area contributed by atoms with Crippen molar-refractivity contribution in [3.63, 3.8) is 0 Å². The smallest absolute Gasteiger partial charge is 0.255 e. The number of aliphatic hydroxyl groups is 1. The van der Waals surface area contributed by atoms with E-state index < -0.39 is 5.82 Å². The molecule has 1 N–H and O–H groups in total. The Labute approximate surface area is 118 Å². The number of aliphatic hydroxyl groups excluding tert-OH is 1. The van der Waals surface area contributed by atoms with Gasteiger partial charge in [-0.3, -0.25) is 4.79 Å². The molecule has 0 heterocycles. The van der Waals surface area contributed by atoms with Gasteiger partial charge < -0.3 is 10.0 Å². The van der Waals surface area contributed by atoms with Crippen LogP contribution in [-0.2, 0) is 0 Å². The third-order valence-corrected chi connectivity index (χ3v) is 3.26. The molecule has 3 nitrogen and oxygen atoms in total. The molecular formula is C16H18FNO2. The van der Waals surface area contributed by atoms with Gasteiger partial charge in [0, 0.05) is 24.6 Å². The first-order valence-electron chi connectivity index (χ1n) is 6.87. The van der Waals surface area contributed by atoms with Crippen LogP contribution in [0.3, 0.4) is 0 Å². The molecule has 0 atom stereocenters. The van der Waals surface area contributed by atoms with E-state index in [1.165, 1.54) is 18.2 Å². The lowest BCUT2D eigenvalue weighted by atomic mass is 10.1. The molecule has 20 heavy (non-hydrogen) atoms. The Morgan fingerprint density at radius 3 is 2.85 bits per heavy atom. The molecule has 1 saturated carbocycles. The Morgan fingerprint density at radius 2 is 2.25 bits per heavy atom. The third kappa shape index (κ3) is 3.37. The van der Waals surface area contributed by atoms with Gasteiger partial charge in [0.05, 0.1) is 12.2 Å². The molecule has 1 aliphatic rings. The lowest BCUT2D eigenvalue weighted by Gasteiger charge is -2.21. The van der Waals surface area contributed by atoms with Crippen molar-refractivity contribution in [2.75, 3.05) is 13.2 Å².